The molecule has 1 unspecified atom stereocenters. The first-order valence-corrected chi connectivity index (χ1v) is 8.14. The smallest absolute Gasteiger partial charge is 0.0970 e. The maximum Gasteiger partial charge on any atom is 0.0970 e. The van der Waals surface area contributed by atoms with E-state index in [1.165, 1.54) is 5.56 Å². The van der Waals surface area contributed by atoms with Crippen LogP contribution in [0.5, 0.6) is 0 Å². The highest BCUT2D eigenvalue weighted by Crippen LogP contribution is 2.28. The zero-order valence-electron chi connectivity index (χ0n) is 11.1. The number of rotatable bonds is 4. The van der Waals surface area contributed by atoms with Crippen LogP contribution in [-0.4, -0.2) is 15.5 Å². The third-order valence-electron chi connectivity index (χ3n) is 2.64. The molecule has 1 aromatic carbocycles. The van der Waals surface area contributed by atoms with E-state index in [-0.39, 0.29) is 4.75 Å². The van der Waals surface area contributed by atoms with Crippen LogP contribution in [0.25, 0.3) is 0 Å². The Bertz CT molecular complexity index is 457. The number of hydrogen-bond acceptors (Lipinski definition) is 1. The fraction of sp³-hybridized carbons (Fsp3) is 0.538. The van der Waals surface area contributed by atoms with Gasteiger partial charge in [-0.05, 0) is 67.2 Å². The molecule has 102 valence electrons. The average Bonchev–Trinajstić information content (AvgIpc) is 2.27. The summed E-state index contributed by atoms with van der Waals surface area (Å²) in [7, 11) is -1.02. The van der Waals surface area contributed by atoms with Gasteiger partial charge in [-0.15, -0.1) is 0 Å². The lowest BCUT2D eigenvalue weighted by atomic mass is 10.1. The van der Waals surface area contributed by atoms with Crippen LogP contribution in [0.2, 0.25) is 5.02 Å². The van der Waals surface area contributed by atoms with Crippen LogP contribution in [0, 0.1) is 6.92 Å². The molecule has 0 radical (unpaired) electrons. The van der Waals surface area contributed by atoms with Crippen molar-refractivity contribution in [3.63, 3.8) is 0 Å². The van der Waals surface area contributed by atoms with Crippen molar-refractivity contribution in [1.82, 2.24) is 4.72 Å². The molecular weight excluding hydrogens is 334 g/mol. The molecule has 0 bridgehead atoms. The third-order valence-corrected chi connectivity index (χ3v) is 5.59. The predicted octanol–water partition coefficient (Wildman–Crippen LogP) is 4.01. The molecule has 0 saturated carbocycles. The van der Waals surface area contributed by atoms with Crippen molar-refractivity contribution in [2.45, 2.75) is 38.9 Å². The monoisotopic (exact) mass is 351 g/mol. The second-order valence-electron chi connectivity index (χ2n) is 5.17. The molecule has 0 aliphatic carbocycles. The first-order chi connectivity index (χ1) is 8.23. The summed E-state index contributed by atoms with van der Waals surface area (Å²) < 4.78 is 15.6. The molecule has 1 atom stereocenters. The fourth-order valence-electron chi connectivity index (χ4n) is 1.46. The molecule has 18 heavy (non-hydrogen) atoms. The van der Waals surface area contributed by atoms with Gasteiger partial charge in [0.15, 0.2) is 0 Å². The van der Waals surface area contributed by atoms with Gasteiger partial charge in [0.25, 0.3) is 0 Å². The predicted molar refractivity (Wildman–Crippen MR) is 83.5 cm³/mol. The van der Waals surface area contributed by atoms with Crippen LogP contribution in [0.1, 0.15) is 31.9 Å². The highest BCUT2D eigenvalue weighted by Gasteiger charge is 2.18. The lowest BCUT2D eigenvalue weighted by Crippen LogP contribution is -2.34. The zero-order valence-corrected chi connectivity index (χ0v) is 14.3. The molecule has 0 aliphatic heterocycles. The molecule has 0 fully saturated rings. The van der Waals surface area contributed by atoms with Crippen LogP contribution in [0.3, 0.4) is 0 Å². The molecule has 0 heterocycles. The van der Waals surface area contributed by atoms with E-state index >= 15 is 0 Å². The third kappa shape index (κ3) is 4.34. The van der Waals surface area contributed by atoms with Crippen LogP contribution >= 0.6 is 27.5 Å². The lowest BCUT2D eigenvalue weighted by Gasteiger charge is -2.18. The van der Waals surface area contributed by atoms with Crippen LogP contribution in [0.15, 0.2) is 16.6 Å². The van der Waals surface area contributed by atoms with Gasteiger partial charge in [0.2, 0.25) is 0 Å². The van der Waals surface area contributed by atoms with Crippen molar-refractivity contribution < 1.29 is 4.21 Å². The molecule has 0 spiro atoms. The molecule has 0 saturated heterocycles. The van der Waals surface area contributed by atoms with E-state index in [0.717, 1.165) is 21.5 Å². The fourth-order valence-corrected chi connectivity index (χ4v) is 2.79. The Morgan fingerprint density at radius 3 is 2.56 bits per heavy atom. The minimum Gasteiger partial charge on any atom is -0.242 e. The summed E-state index contributed by atoms with van der Waals surface area (Å²) in [4.78, 5) is 0. The van der Waals surface area contributed by atoms with E-state index in [2.05, 4.69) is 20.7 Å². The maximum absolute atomic E-state index is 11.8. The van der Waals surface area contributed by atoms with E-state index in [9.17, 15) is 4.21 Å². The second-order valence-corrected chi connectivity index (χ2v) is 8.45. The topological polar surface area (TPSA) is 29.1 Å². The Labute approximate surface area is 125 Å². The van der Waals surface area contributed by atoms with Crippen LogP contribution in [-0.2, 0) is 17.4 Å². The normalized spacial score (nSPS) is 13.7. The van der Waals surface area contributed by atoms with Gasteiger partial charge in [-0.2, -0.15) is 0 Å². The van der Waals surface area contributed by atoms with Crippen molar-refractivity contribution in [1.29, 1.82) is 0 Å². The highest BCUT2D eigenvalue weighted by molar-refractivity contribution is 9.10. The Morgan fingerprint density at radius 2 is 2.00 bits per heavy atom. The minimum atomic E-state index is -1.02. The number of halogens is 2. The van der Waals surface area contributed by atoms with Gasteiger partial charge in [0.05, 0.1) is 20.8 Å². The Kier molecular flexibility index (Phi) is 5.84. The van der Waals surface area contributed by atoms with Gasteiger partial charge in [0, 0.05) is 11.0 Å². The SMILES string of the molecule is Cc1c(CCNS(=O)C(C)(C)C)ccc(Br)c1Cl. The molecule has 2 nitrogen and oxygen atoms in total. The lowest BCUT2D eigenvalue weighted by molar-refractivity contribution is 0.634. The second kappa shape index (κ2) is 6.51. The molecule has 1 aromatic rings. The van der Waals surface area contributed by atoms with Crippen LogP contribution in [0.4, 0.5) is 0 Å². The number of hydrogen-bond donors (Lipinski definition) is 1. The largest absolute Gasteiger partial charge is 0.242 e. The number of benzene rings is 1. The summed E-state index contributed by atoms with van der Waals surface area (Å²) in [5.41, 5.74) is 2.26. The highest BCUT2D eigenvalue weighted by atomic mass is 79.9. The van der Waals surface area contributed by atoms with Crippen molar-refractivity contribution >= 4 is 38.5 Å². The van der Waals surface area contributed by atoms with E-state index in [0.29, 0.717) is 6.54 Å². The summed E-state index contributed by atoms with van der Waals surface area (Å²) in [6.07, 6.45) is 0.820. The van der Waals surface area contributed by atoms with Crippen molar-refractivity contribution in [3.8, 4) is 0 Å². The van der Waals surface area contributed by atoms with Gasteiger partial charge in [-0.25, -0.2) is 8.93 Å². The van der Waals surface area contributed by atoms with Crippen molar-refractivity contribution in [2.24, 2.45) is 0 Å². The van der Waals surface area contributed by atoms with Gasteiger partial charge < -0.3 is 0 Å². The zero-order chi connectivity index (χ0) is 13.9. The molecular formula is C13H19BrClNOS. The van der Waals surface area contributed by atoms with E-state index in [4.69, 9.17) is 11.6 Å². The molecule has 0 amide bonds. The Balaban J connectivity index is 2.61. The summed E-state index contributed by atoms with van der Waals surface area (Å²) in [5.74, 6) is 0. The van der Waals surface area contributed by atoms with Crippen LogP contribution < -0.4 is 4.72 Å². The van der Waals surface area contributed by atoms with Gasteiger partial charge in [0.1, 0.15) is 0 Å². The Hall–Kier alpha value is 0.1000. The van der Waals surface area contributed by atoms with E-state index in [1.807, 2.05) is 39.8 Å². The van der Waals surface area contributed by atoms with Gasteiger partial charge >= 0.3 is 0 Å². The molecule has 0 aromatic heterocycles. The molecule has 5 heteroatoms. The molecule has 0 aliphatic rings. The van der Waals surface area contributed by atoms with Gasteiger partial charge in [-0.3, -0.25) is 0 Å². The van der Waals surface area contributed by atoms with Gasteiger partial charge in [-0.1, -0.05) is 17.7 Å². The molecule has 1 rings (SSSR count). The first-order valence-electron chi connectivity index (χ1n) is 5.82. The van der Waals surface area contributed by atoms with Crippen molar-refractivity contribution in [2.75, 3.05) is 6.54 Å². The molecule has 1 N–H and O–H groups in total. The summed E-state index contributed by atoms with van der Waals surface area (Å²) in [6, 6.07) is 4.00. The van der Waals surface area contributed by atoms with E-state index < -0.39 is 11.0 Å². The summed E-state index contributed by atoms with van der Waals surface area (Å²) in [6.45, 7) is 8.55. The first kappa shape index (κ1) is 16.2. The minimum absolute atomic E-state index is 0.230. The van der Waals surface area contributed by atoms with E-state index in [1.54, 1.807) is 0 Å². The quantitative estimate of drug-likeness (QED) is 0.871. The standard InChI is InChI=1S/C13H19BrClNOS/c1-9-10(5-6-11(14)12(9)15)7-8-16-18(17)13(2,3)4/h5-6,16H,7-8H2,1-4H3. The number of nitrogens with one attached hydrogen (secondary N) is 1. The van der Waals surface area contributed by atoms with Crippen molar-refractivity contribution in [3.05, 3.63) is 32.8 Å². The summed E-state index contributed by atoms with van der Waals surface area (Å²) >= 11 is 9.57. The average molecular weight is 353 g/mol. The maximum atomic E-state index is 11.8. The summed E-state index contributed by atoms with van der Waals surface area (Å²) in [5, 5.41) is 0.754. The Morgan fingerprint density at radius 1 is 1.39 bits per heavy atom.